The molecular formula is C7H17NO5Si2. The number of hydrogen-bond acceptors (Lipinski definition) is 6. The van der Waals surface area contributed by atoms with E-state index in [2.05, 4.69) is 4.99 Å². The fourth-order valence-corrected chi connectivity index (χ4v) is 4.88. The van der Waals surface area contributed by atoms with Crippen molar-refractivity contribution in [3.8, 4) is 0 Å². The quantitative estimate of drug-likeness (QED) is 0.241. The molecule has 0 aliphatic rings. The number of nitrogens with zero attached hydrogens (tertiary/aromatic N) is 1. The maximum atomic E-state index is 9.77. The number of carbonyl (C=O) groups excluding carboxylic acids is 1. The molecule has 0 saturated carbocycles. The molecule has 0 fully saturated rings. The van der Waals surface area contributed by atoms with Crippen molar-refractivity contribution in [3.05, 3.63) is 0 Å². The molecule has 0 radical (unpaired) electrons. The third-order valence-corrected chi connectivity index (χ3v) is 6.28. The highest BCUT2D eigenvalue weighted by Gasteiger charge is 2.41. The minimum Gasteiger partial charge on any atom is -0.400 e. The molecule has 0 spiro atoms. The van der Waals surface area contributed by atoms with Gasteiger partial charge < -0.3 is 17.4 Å². The van der Waals surface area contributed by atoms with E-state index in [9.17, 15) is 4.79 Å². The van der Waals surface area contributed by atoms with Gasteiger partial charge in [0.2, 0.25) is 6.08 Å². The van der Waals surface area contributed by atoms with E-state index in [0.29, 0.717) is 6.54 Å². The average molecular weight is 251 g/mol. The molecule has 0 amide bonds. The normalized spacial score (nSPS) is 11.9. The Morgan fingerprint density at radius 1 is 1.27 bits per heavy atom. The molecule has 0 aromatic heterocycles. The Kier molecular flexibility index (Phi) is 8.72. The molecule has 0 aromatic rings. The van der Waals surface area contributed by atoms with Crippen LogP contribution in [0.15, 0.2) is 4.99 Å². The van der Waals surface area contributed by atoms with Crippen molar-refractivity contribution in [2.24, 2.45) is 4.99 Å². The van der Waals surface area contributed by atoms with Gasteiger partial charge in [0.25, 0.3) is 0 Å². The van der Waals surface area contributed by atoms with Crippen molar-refractivity contribution >= 4 is 24.9 Å². The van der Waals surface area contributed by atoms with Crippen LogP contribution in [0.5, 0.6) is 0 Å². The predicted octanol–water partition coefficient (Wildman–Crippen LogP) is -0.394. The van der Waals surface area contributed by atoms with Crippen molar-refractivity contribution in [1.29, 1.82) is 0 Å². The molecule has 15 heavy (non-hydrogen) atoms. The van der Waals surface area contributed by atoms with Gasteiger partial charge >= 0.3 is 9.05 Å². The summed E-state index contributed by atoms with van der Waals surface area (Å²) in [6, 6.07) is 0.899. The topological polar surface area (TPSA) is 66.3 Å². The minimum absolute atomic E-state index is 0.501. The zero-order chi connectivity index (χ0) is 11.6. The molecule has 0 aliphatic heterocycles. The summed E-state index contributed by atoms with van der Waals surface area (Å²) in [6.45, 7) is 0.501. The standard InChI is InChI=1S/C7H17NO5Si2/c1-10-15(11-2,12-3)13-14-6-4-5-8-7-9/h4-6,14H2,1-3H3. The summed E-state index contributed by atoms with van der Waals surface area (Å²) >= 11 is 0. The van der Waals surface area contributed by atoms with Gasteiger partial charge in [0, 0.05) is 21.3 Å². The van der Waals surface area contributed by atoms with Crippen LogP contribution in [-0.4, -0.2) is 52.8 Å². The maximum absolute atomic E-state index is 9.77. The highest BCUT2D eigenvalue weighted by atomic mass is 28.4. The highest BCUT2D eigenvalue weighted by Crippen LogP contribution is 2.07. The summed E-state index contributed by atoms with van der Waals surface area (Å²) in [7, 11) is 0.924. The van der Waals surface area contributed by atoms with E-state index in [1.807, 2.05) is 0 Å². The number of aliphatic imine (C=N–C) groups is 1. The van der Waals surface area contributed by atoms with Gasteiger partial charge in [-0.2, -0.15) is 0 Å². The molecule has 0 atom stereocenters. The Labute approximate surface area is 93.0 Å². The van der Waals surface area contributed by atoms with Crippen LogP contribution in [0.2, 0.25) is 6.04 Å². The van der Waals surface area contributed by atoms with Crippen molar-refractivity contribution in [2.75, 3.05) is 27.9 Å². The van der Waals surface area contributed by atoms with Gasteiger partial charge in [-0.1, -0.05) is 0 Å². The van der Waals surface area contributed by atoms with Crippen molar-refractivity contribution in [2.45, 2.75) is 12.5 Å². The Morgan fingerprint density at radius 2 is 1.87 bits per heavy atom. The second-order valence-corrected chi connectivity index (χ2v) is 7.14. The molecule has 0 N–H and O–H groups in total. The van der Waals surface area contributed by atoms with Crippen LogP contribution in [0.1, 0.15) is 6.42 Å². The SMILES string of the molecule is CO[Si](OC)(OC)O[SiH2]CCCN=C=O. The lowest BCUT2D eigenvalue weighted by Crippen LogP contribution is -2.47. The van der Waals surface area contributed by atoms with E-state index in [4.69, 9.17) is 17.4 Å². The predicted molar refractivity (Wildman–Crippen MR) is 58.8 cm³/mol. The summed E-state index contributed by atoms with van der Waals surface area (Å²) in [5, 5.41) is 0. The molecule has 0 rings (SSSR count). The van der Waals surface area contributed by atoms with Crippen molar-refractivity contribution in [1.82, 2.24) is 0 Å². The molecule has 0 aliphatic carbocycles. The van der Waals surface area contributed by atoms with E-state index in [1.165, 1.54) is 27.4 Å². The lowest BCUT2D eigenvalue weighted by molar-refractivity contribution is 0.0523. The molecular weight excluding hydrogens is 234 g/mol. The smallest absolute Gasteiger partial charge is 0.400 e. The lowest BCUT2D eigenvalue weighted by atomic mass is 10.5. The van der Waals surface area contributed by atoms with Crippen LogP contribution in [0.4, 0.5) is 0 Å². The first-order valence-corrected chi connectivity index (χ1v) is 7.78. The Hall–Kier alpha value is -0.346. The lowest BCUT2D eigenvalue weighted by Gasteiger charge is -2.23. The molecule has 0 heterocycles. The largest absolute Gasteiger partial charge is 0.667 e. The second kappa shape index (κ2) is 8.92. The zero-order valence-electron chi connectivity index (χ0n) is 9.32. The Balaban J connectivity index is 3.66. The first-order chi connectivity index (χ1) is 7.24. The fourth-order valence-electron chi connectivity index (χ4n) is 0.963. The molecule has 88 valence electrons. The molecule has 6 nitrogen and oxygen atoms in total. The monoisotopic (exact) mass is 251 g/mol. The average Bonchev–Trinajstić information content (AvgIpc) is 2.29. The highest BCUT2D eigenvalue weighted by molar-refractivity contribution is 6.60. The molecule has 8 heteroatoms. The van der Waals surface area contributed by atoms with Crippen LogP contribution in [0.25, 0.3) is 0 Å². The third-order valence-electron chi connectivity index (χ3n) is 1.76. The van der Waals surface area contributed by atoms with Gasteiger partial charge in [0.05, 0.1) is 6.54 Å². The van der Waals surface area contributed by atoms with Crippen LogP contribution in [-0.2, 0) is 22.2 Å². The summed E-state index contributed by atoms with van der Waals surface area (Å²) < 4.78 is 20.8. The molecule has 0 saturated heterocycles. The number of rotatable bonds is 9. The van der Waals surface area contributed by atoms with Gasteiger partial charge in [-0.05, 0) is 12.5 Å². The second-order valence-electron chi connectivity index (χ2n) is 2.64. The Morgan fingerprint density at radius 3 is 2.33 bits per heavy atom. The number of isocyanates is 1. The van der Waals surface area contributed by atoms with Crippen LogP contribution in [0, 0.1) is 0 Å². The first kappa shape index (κ1) is 14.7. The molecule has 0 bridgehead atoms. The van der Waals surface area contributed by atoms with Gasteiger partial charge in [0.15, 0.2) is 9.76 Å². The minimum atomic E-state index is -2.83. The van der Waals surface area contributed by atoms with E-state index >= 15 is 0 Å². The molecule has 0 aromatic carbocycles. The third kappa shape index (κ3) is 5.95. The zero-order valence-corrected chi connectivity index (χ0v) is 11.7. The summed E-state index contributed by atoms with van der Waals surface area (Å²) in [5.41, 5.74) is 0. The van der Waals surface area contributed by atoms with Crippen molar-refractivity contribution < 1.29 is 22.2 Å². The van der Waals surface area contributed by atoms with E-state index in [1.54, 1.807) is 0 Å². The first-order valence-electron chi connectivity index (χ1n) is 4.57. The van der Waals surface area contributed by atoms with Gasteiger partial charge in [-0.25, -0.2) is 9.79 Å². The van der Waals surface area contributed by atoms with Crippen LogP contribution < -0.4 is 0 Å². The maximum Gasteiger partial charge on any atom is 0.667 e. The van der Waals surface area contributed by atoms with E-state index < -0.39 is 18.8 Å². The summed E-state index contributed by atoms with van der Waals surface area (Å²) in [4.78, 5) is 13.2. The van der Waals surface area contributed by atoms with Crippen molar-refractivity contribution in [3.63, 3.8) is 0 Å². The van der Waals surface area contributed by atoms with Gasteiger partial charge in [-0.15, -0.1) is 0 Å². The summed E-state index contributed by atoms with van der Waals surface area (Å²) in [6.07, 6.45) is 2.32. The van der Waals surface area contributed by atoms with Gasteiger partial charge in [0.1, 0.15) is 0 Å². The van der Waals surface area contributed by atoms with Crippen LogP contribution >= 0.6 is 0 Å². The molecule has 0 unspecified atom stereocenters. The summed E-state index contributed by atoms with van der Waals surface area (Å²) in [5.74, 6) is 0. The number of hydrogen-bond donors (Lipinski definition) is 0. The fraction of sp³-hybridized carbons (Fsp3) is 0.857. The Bertz CT molecular complexity index is 197. The van der Waals surface area contributed by atoms with E-state index in [-0.39, 0.29) is 0 Å². The van der Waals surface area contributed by atoms with Crippen LogP contribution in [0.3, 0.4) is 0 Å². The van der Waals surface area contributed by atoms with E-state index in [0.717, 1.165) is 12.5 Å². The van der Waals surface area contributed by atoms with Gasteiger partial charge in [-0.3, -0.25) is 0 Å².